The normalized spacial score (nSPS) is 16.5. The summed E-state index contributed by atoms with van der Waals surface area (Å²) in [6.07, 6.45) is 0.662. The van der Waals surface area contributed by atoms with E-state index in [1.54, 1.807) is 24.3 Å². The van der Waals surface area contributed by atoms with Crippen LogP contribution in [0.1, 0.15) is 5.56 Å². The number of phenols is 1. The van der Waals surface area contributed by atoms with Gasteiger partial charge < -0.3 is 15.7 Å². The van der Waals surface area contributed by atoms with Crippen molar-refractivity contribution < 1.29 is 9.90 Å². The average Bonchev–Trinajstić information content (AvgIpc) is 2.85. The van der Waals surface area contributed by atoms with Crippen molar-refractivity contribution in [3.8, 4) is 5.75 Å². The van der Waals surface area contributed by atoms with E-state index in [2.05, 4.69) is 10.6 Å². The molecule has 0 saturated carbocycles. The molecule has 0 bridgehead atoms. The minimum Gasteiger partial charge on any atom is -0.506 e. The Morgan fingerprint density at radius 2 is 1.89 bits per heavy atom. The minimum atomic E-state index is -0.294. The number of benzene rings is 2. The Morgan fingerprint density at radius 1 is 1.16 bits per heavy atom. The third-order valence-electron chi connectivity index (χ3n) is 3.25. The third kappa shape index (κ3) is 2.25. The highest BCUT2D eigenvalue weighted by atomic mass is 16.3. The molecule has 0 aromatic heterocycles. The lowest BCUT2D eigenvalue weighted by Gasteiger charge is -2.12. The first-order valence-electron chi connectivity index (χ1n) is 6.17. The van der Waals surface area contributed by atoms with Gasteiger partial charge in [-0.3, -0.25) is 4.79 Å². The van der Waals surface area contributed by atoms with Crippen LogP contribution in [0.25, 0.3) is 0 Å². The van der Waals surface area contributed by atoms with Gasteiger partial charge in [0.25, 0.3) is 0 Å². The third-order valence-corrected chi connectivity index (χ3v) is 3.25. The largest absolute Gasteiger partial charge is 0.506 e. The zero-order valence-corrected chi connectivity index (χ0v) is 10.3. The zero-order valence-electron chi connectivity index (χ0n) is 10.3. The molecule has 1 heterocycles. The van der Waals surface area contributed by atoms with Crippen LogP contribution in [0.3, 0.4) is 0 Å². The van der Waals surface area contributed by atoms with Crippen molar-refractivity contribution in [2.75, 3.05) is 10.6 Å². The van der Waals surface area contributed by atoms with Gasteiger partial charge in [0, 0.05) is 12.1 Å². The van der Waals surface area contributed by atoms with Gasteiger partial charge in [-0.25, -0.2) is 0 Å². The number of para-hydroxylation sites is 3. The molecule has 1 amide bonds. The topological polar surface area (TPSA) is 61.4 Å². The molecule has 2 aromatic carbocycles. The van der Waals surface area contributed by atoms with Crippen molar-refractivity contribution in [1.82, 2.24) is 0 Å². The Morgan fingerprint density at radius 3 is 2.68 bits per heavy atom. The number of rotatable bonds is 2. The van der Waals surface area contributed by atoms with Crippen LogP contribution in [0.2, 0.25) is 0 Å². The number of fused-ring (bicyclic) bond motifs is 1. The van der Waals surface area contributed by atoms with Crippen LogP contribution in [-0.2, 0) is 11.2 Å². The quantitative estimate of drug-likeness (QED) is 0.721. The second-order valence-electron chi connectivity index (χ2n) is 4.56. The highest BCUT2D eigenvalue weighted by molar-refractivity contribution is 5.98. The molecule has 0 spiro atoms. The molecule has 0 radical (unpaired) electrons. The van der Waals surface area contributed by atoms with E-state index in [9.17, 15) is 9.90 Å². The fraction of sp³-hybridized carbons (Fsp3) is 0.133. The van der Waals surface area contributed by atoms with Crippen LogP contribution < -0.4 is 10.6 Å². The summed E-state index contributed by atoms with van der Waals surface area (Å²) < 4.78 is 0. The Kier molecular flexibility index (Phi) is 2.83. The number of aromatic hydroxyl groups is 1. The molecule has 96 valence electrons. The summed E-state index contributed by atoms with van der Waals surface area (Å²) in [5, 5.41) is 15.6. The summed E-state index contributed by atoms with van der Waals surface area (Å²) in [6, 6.07) is 14.3. The van der Waals surface area contributed by atoms with E-state index in [4.69, 9.17) is 0 Å². The van der Waals surface area contributed by atoms with Gasteiger partial charge in [-0.2, -0.15) is 0 Å². The Labute approximate surface area is 111 Å². The molecule has 1 atom stereocenters. The highest BCUT2D eigenvalue weighted by Gasteiger charge is 2.26. The van der Waals surface area contributed by atoms with E-state index in [1.807, 2.05) is 24.3 Å². The monoisotopic (exact) mass is 254 g/mol. The number of hydrogen-bond donors (Lipinski definition) is 3. The van der Waals surface area contributed by atoms with Crippen LogP contribution >= 0.6 is 0 Å². The summed E-state index contributed by atoms with van der Waals surface area (Å²) in [5.41, 5.74) is 2.57. The fourth-order valence-electron chi connectivity index (χ4n) is 2.26. The van der Waals surface area contributed by atoms with Gasteiger partial charge in [0.15, 0.2) is 0 Å². The molecule has 0 unspecified atom stereocenters. The summed E-state index contributed by atoms with van der Waals surface area (Å²) in [6.45, 7) is 0. The summed E-state index contributed by atoms with van der Waals surface area (Å²) in [5.74, 6) is -0.0657. The van der Waals surface area contributed by atoms with Gasteiger partial charge in [0.1, 0.15) is 11.8 Å². The lowest BCUT2D eigenvalue weighted by molar-refractivity contribution is -0.116. The van der Waals surface area contributed by atoms with Gasteiger partial charge in [-0.1, -0.05) is 30.3 Å². The molecule has 19 heavy (non-hydrogen) atoms. The second kappa shape index (κ2) is 4.65. The maximum atomic E-state index is 12.2. The molecule has 1 aliphatic heterocycles. The summed E-state index contributed by atoms with van der Waals surface area (Å²) in [7, 11) is 0. The highest BCUT2D eigenvalue weighted by Crippen LogP contribution is 2.27. The fourth-order valence-corrected chi connectivity index (χ4v) is 2.26. The Bertz CT molecular complexity index is 600. The van der Waals surface area contributed by atoms with Crippen LogP contribution in [0.4, 0.5) is 11.4 Å². The molecule has 0 fully saturated rings. The predicted octanol–water partition coefficient (Wildman–Crippen LogP) is 2.37. The van der Waals surface area contributed by atoms with Gasteiger partial charge in [-0.05, 0) is 23.8 Å². The van der Waals surface area contributed by atoms with E-state index in [0.29, 0.717) is 12.1 Å². The van der Waals surface area contributed by atoms with Crippen LogP contribution in [-0.4, -0.2) is 17.1 Å². The van der Waals surface area contributed by atoms with E-state index < -0.39 is 0 Å². The number of phenolic OH excluding ortho intramolecular Hbond substituents is 1. The van der Waals surface area contributed by atoms with E-state index in [0.717, 1.165) is 11.3 Å². The first-order valence-corrected chi connectivity index (χ1v) is 6.17. The van der Waals surface area contributed by atoms with Crippen molar-refractivity contribution in [2.45, 2.75) is 12.5 Å². The summed E-state index contributed by atoms with van der Waals surface area (Å²) >= 11 is 0. The molecular formula is C15H14N2O2. The number of hydrogen-bond acceptors (Lipinski definition) is 3. The van der Waals surface area contributed by atoms with E-state index in [1.165, 1.54) is 0 Å². The smallest absolute Gasteiger partial charge is 0.247 e. The number of amides is 1. The molecule has 4 nitrogen and oxygen atoms in total. The number of anilines is 2. The number of nitrogens with one attached hydrogen (secondary N) is 2. The van der Waals surface area contributed by atoms with Crippen molar-refractivity contribution in [1.29, 1.82) is 0 Å². The molecular weight excluding hydrogens is 240 g/mol. The van der Waals surface area contributed by atoms with Crippen molar-refractivity contribution >= 4 is 17.3 Å². The summed E-state index contributed by atoms with van der Waals surface area (Å²) in [4.78, 5) is 12.2. The molecule has 2 aromatic rings. The van der Waals surface area contributed by atoms with Gasteiger partial charge in [0.2, 0.25) is 5.91 Å². The van der Waals surface area contributed by atoms with Crippen molar-refractivity contribution in [3.63, 3.8) is 0 Å². The Balaban J connectivity index is 1.72. The second-order valence-corrected chi connectivity index (χ2v) is 4.56. The number of carbonyl (C=O) groups excluding carboxylic acids is 1. The standard InChI is InChI=1S/C15H14N2O2/c18-14-8-4-3-7-12(14)17-15(19)13-9-10-5-1-2-6-11(10)16-13/h1-8,13,16,18H,9H2,(H,17,19)/t13-/m0/s1. The van der Waals surface area contributed by atoms with Crippen LogP contribution in [0.15, 0.2) is 48.5 Å². The number of carbonyl (C=O) groups is 1. The molecule has 4 heteroatoms. The van der Waals surface area contributed by atoms with Gasteiger partial charge >= 0.3 is 0 Å². The maximum Gasteiger partial charge on any atom is 0.247 e. The minimum absolute atomic E-state index is 0.0753. The van der Waals surface area contributed by atoms with Gasteiger partial charge in [-0.15, -0.1) is 0 Å². The van der Waals surface area contributed by atoms with E-state index in [-0.39, 0.29) is 17.7 Å². The van der Waals surface area contributed by atoms with Crippen molar-refractivity contribution in [3.05, 3.63) is 54.1 Å². The molecule has 0 saturated heterocycles. The molecule has 0 aliphatic carbocycles. The van der Waals surface area contributed by atoms with Crippen LogP contribution in [0, 0.1) is 0 Å². The lowest BCUT2D eigenvalue weighted by atomic mass is 10.1. The van der Waals surface area contributed by atoms with Gasteiger partial charge in [0.05, 0.1) is 5.69 Å². The first-order chi connectivity index (χ1) is 9.24. The first kappa shape index (κ1) is 11.6. The molecule has 3 N–H and O–H groups in total. The molecule has 1 aliphatic rings. The molecule has 3 rings (SSSR count). The van der Waals surface area contributed by atoms with E-state index >= 15 is 0 Å². The lowest BCUT2D eigenvalue weighted by Crippen LogP contribution is -2.32. The maximum absolute atomic E-state index is 12.2. The average molecular weight is 254 g/mol. The predicted molar refractivity (Wildman–Crippen MR) is 74.3 cm³/mol. The van der Waals surface area contributed by atoms with Crippen LogP contribution in [0.5, 0.6) is 5.75 Å². The zero-order chi connectivity index (χ0) is 13.2. The van der Waals surface area contributed by atoms with Crippen molar-refractivity contribution in [2.24, 2.45) is 0 Å². The Hall–Kier alpha value is -2.49. The SMILES string of the molecule is O=C(Nc1ccccc1O)[C@@H]1Cc2ccccc2N1.